The standard InChI is InChI=1S/C14H14ClN3O/c1-9-14(15)10(2)18(17-9)8-12-6-11(7-16)4-5-13(12)19-3/h4-6H,8H2,1-3H3. The Labute approximate surface area is 117 Å². The second-order valence-corrected chi connectivity index (χ2v) is 4.66. The third-order valence-electron chi connectivity index (χ3n) is 3.02. The lowest BCUT2D eigenvalue weighted by molar-refractivity contribution is 0.407. The molecule has 0 bridgehead atoms. The van der Waals surface area contributed by atoms with Crippen LogP contribution in [0.1, 0.15) is 22.5 Å². The SMILES string of the molecule is COc1ccc(C#N)cc1Cn1nc(C)c(Cl)c1C. The second-order valence-electron chi connectivity index (χ2n) is 4.28. The molecule has 1 aromatic heterocycles. The summed E-state index contributed by atoms with van der Waals surface area (Å²) < 4.78 is 7.13. The van der Waals surface area contributed by atoms with Crippen LogP contribution in [0.15, 0.2) is 18.2 Å². The van der Waals surface area contributed by atoms with Gasteiger partial charge in [0, 0.05) is 5.56 Å². The number of aromatic nitrogens is 2. The van der Waals surface area contributed by atoms with E-state index in [2.05, 4.69) is 11.2 Å². The highest BCUT2D eigenvalue weighted by Crippen LogP contribution is 2.24. The van der Waals surface area contributed by atoms with E-state index in [9.17, 15) is 0 Å². The predicted molar refractivity (Wildman–Crippen MR) is 73.5 cm³/mol. The lowest BCUT2D eigenvalue weighted by Gasteiger charge is -2.10. The Bertz CT molecular complexity index is 655. The van der Waals surface area contributed by atoms with Crippen LogP contribution in [0.5, 0.6) is 5.75 Å². The quantitative estimate of drug-likeness (QED) is 0.865. The highest BCUT2D eigenvalue weighted by molar-refractivity contribution is 6.31. The van der Waals surface area contributed by atoms with Crippen LogP contribution >= 0.6 is 11.6 Å². The topological polar surface area (TPSA) is 50.8 Å². The highest BCUT2D eigenvalue weighted by atomic mass is 35.5. The lowest BCUT2D eigenvalue weighted by Crippen LogP contribution is -2.06. The van der Waals surface area contributed by atoms with Crippen molar-refractivity contribution in [3.8, 4) is 11.8 Å². The molecule has 98 valence electrons. The Kier molecular flexibility index (Phi) is 3.77. The molecule has 2 aromatic rings. The van der Waals surface area contributed by atoms with E-state index < -0.39 is 0 Å². The highest BCUT2D eigenvalue weighted by Gasteiger charge is 2.12. The molecule has 0 aliphatic heterocycles. The molecule has 0 radical (unpaired) electrons. The van der Waals surface area contributed by atoms with Gasteiger partial charge in [0.15, 0.2) is 0 Å². The van der Waals surface area contributed by atoms with Crippen molar-refractivity contribution < 1.29 is 4.74 Å². The Morgan fingerprint density at radius 1 is 1.42 bits per heavy atom. The van der Waals surface area contributed by atoms with Crippen LogP contribution in [-0.4, -0.2) is 16.9 Å². The van der Waals surface area contributed by atoms with E-state index in [1.807, 2.05) is 24.6 Å². The Morgan fingerprint density at radius 2 is 2.16 bits per heavy atom. The number of hydrogen-bond donors (Lipinski definition) is 0. The molecule has 0 spiro atoms. The average Bonchev–Trinajstić information content (AvgIpc) is 2.66. The van der Waals surface area contributed by atoms with Crippen molar-refractivity contribution in [1.82, 2.24) is 9.78 Å². The molecule has 1 aromatic carbocycles. The largest absolute Gasteiger partial charge is 0.496 e. The molecule has 5 heteroatoms. The molecule has 0 unspecified atom stereocenters. The van der Waals surface area contributed by atoms with Crippen LogP contribution in [-0.2, 0) is 6.54 Å². The fourth-order valence-electron chi connectivity index (χ4n) is 1.96. The number of nitrogens with zero attached hydrogens (tertiary/aromatic N) is 3. The van der Waals surface area contributed by atoms with E-state index in [0.29, 0.717) is 17.1 Å². The van der Waals surface area contributed by atoms with Crippen LogP contribution in [0, 0.1) is 25.2 Å². The second kappa shape index (κ2) is 5.33. The van der Waals surface area contributed by atoms with Crippen molar-refractivity contribution in [3.63, 3.8) is 0 Å². The first-order valence-electron chi connectivity index (χ1n) is 5.83. The van der Waals surface area contributed by atoms with Gasteiger partial charge in [0.1, 0.15) is 5.75 Å². The maximum atomic E-state index is 8.96. The number of halogens is 1. The van der Waals surface area contributed by atoms with Crippen LogP contribution in [0.3, 0.4) is 0 Å². The molecular weight excluding hydrogens is 262 g/mol. The molecular formula is C14H14ClN3O. The number of nitriles is 1. The molecule has 0 fully saturated rings. The summed E-state index contributed by atoms with van der Waals surface area (Å²) in [4.78, 5) is 0. The summed E-state index contributed by atoms with van der Waals surface area (Å²) in [6.45, 7) is 4.32. The zero-order valence-electron chi connectivity index (χ0n) is 11.1. The minimum atomic E-state index is 0.526. The third-order valence-corrected chi connectivity index (χ3v) is 3.57. The molecule has 0 amide bonds. The van der Waals surface area contributed by atoms with Gasteiger partial charge in [0.05, 0.1) is 41.7 Å². The summed E-state index contributed by atoms with van der Waals surface area (Å²) >= 11 is 6.13. The molecule has 0 atom stereocenters. The maximum absolute atomic E-state index is 8.96. The van der Waals surface area contributed by atoms with Gasteiger partial charge in [0.25, 0.3) is 0 Å². The van der Waals surface area contributed by atoms with Crippen molar-refractivity contribution in [2.75, 3.05) is 7.11 Å². The number of aryl methyl sites for hydroxylation is 1. The van der Waals surface area contributed by atoms with Crippen LogP contribution in [0.4, 0.5) is 0 Å². The van der Waals surface area contributed by atoms with E-state index in [0.717, 1.165) is 22.7 Å². The van der Waals surface area contributed by atoms with E-state index in [1.165, 1.54) is 0 Å². The minimum absolute atomic E-state index is 0.526. The number of methoxy groups -OCH3 is 1. The van der Waals surface area contributed by atoms with Crippen LogP contribution in [0.25, 0.3) is 0 Å². The van der Waals surface area contributed by atoms with Gasteiger partial charge in [-0.25, -0.2) is 0 Å². The van der Waals surface area contributed by atoms with Gasteiger partial charge in [-0.3, -0.25) is 4.68 Å². The van der Waals surface area contributed by atoms with Gasteiger partial charge in [-0.15, -0.1) is 0 Å². The van der Waals surface area contributed by atoms with Crippen LogP contribution in [0.2, 0.25) is 5.02 Å². The van der Waals surface area contributed by atoms with E-state index in [1.54, 1.807) is 19.2 Å². The number of hydrogen-bond acceptors (Lipinski definition) is 3. The minimum Gasteiger partial charge on any atom is -0.496 e. The zero-order valence-corrected chi connectivity index (χ0v) is 11.8. The van der Waals surface area contributed by atoms with Gasteiger partial charge < -0.3 is 4.74 Å². The Balaban J connectivity index is 2.42. The van der Waals surface area contributed by atoms with Gasteiger partial charge in [-0.2, -0.15) is 10.4 Å². The van der Waals surface area contributed by atoms with Crippen molar-refractivity contribution in [2.24, 2.45) is 0 Å². The fourth-order valence-corrected chi connectivity index (χ4v) is 2.10. The molecule has 0 saturated carbocycles. The average molecular weight is 276 g/mol. The molecule has 19 heavy (non-hydrogen) atoms. The molecule has 2 rings (SSSR count). The predicted octanol–water partition coefficient (Wildman–Crippen LogP) is 3.08. The first kappa shape index (κ1) is 13.4. The van der Waals surface area contributed by atoms with Gasteiger partial charge in [0.2, 0.25) is 0 Å². The first-order chi connectivity index (χ1) is 9.06. The maximum Gasteiger partial charge on any atom is 0.124 e. The molecule has 0 saturated heterocycles. The molecule has 1 heterocycles. The fraction of sp³-hybridized carbons (Fsp3) is 0.286. The first-order valence-corrected chi connectivity index (χ1v) is 6.21. The molecule has 0 aliphatic carbocycles. The zero-order chi connectivity index (χ0) is 14.0. The van der Waals surface area contributed by atoms with Crippen molar-refractivity contribution in [2.45, 2.75) is 20.4 Å². The van der Waals surface area contributed by atoms with Gasteiger partial charge in [-0.1, -0.05) is 11.6 Å². The van der Waals surface area contributed by atoms with Gasteiger partial charge in [-0.05, 0) is 32.0 Å². The molecule has 4 nitrogen and oxygen atoms in total. The van der Waals surface area contributed by atoms with Crippen molar-refractivity contribution in [3.05, 3.63) is 45.7 Å². The number of ether oxygens (including phenoxy) is 1. The summed E-state index contributed by atoms with van der Waals surface area (Å²) in [6, 6.07) is 7.46. The monoisotopic (exact) mass is 275 g/mol. The third kappa shape index (κ3) is 2.56. The summed E-state index contributed by atoms with van der Waals surface area (Å²) in [5, 5.41) is 14.0. The van der Waals surface area contributed by atoms with Crippen molar-refractivity contribution in [1.29, 1.82) is 5.26 Å². The smallest absolute Gasteiger partial charge is 0.124 e. The normalized spacial score (nSPS) is 10.3. The molecule has 0 aliphatic rings. The summed E-state index contributed by atoms with van der Waals surface area (Å²) in [7, 11) is 1.61. The van der Waals surface area contributed by atoms with E-state index in [-0.39, 0.29) is 0 Å². The Hall–Kier alpha value is -1.99. The van der Waals surface area contributed by atoms with Gasteiger partial charge >= 0.3 is 0 Å². The lowest BCUT2D eigenvalue weighted by atomic mass is 10.1. The number of rotatable bonds is 3. The van der Waals surface area contributed by atoms with Crippen LogP contribution < -0.4 is 4.74 Å². The van der Waals surface area contributed by atoms with E-state index >= 15 is 0 Å². The van der Waals surface area contributed by atoms with Crippen molar-refractivity contribution >= 4 is 11.6 Å². The summed E-state index contributed by atoms with van der Waals surface area (Å²) in [5.74, 6) is 0.739. The summed E-state index contributed by atoms with van der Waals surface area (Å²) in [5.41, 5.74) is 3.21. The molecule has 0 N–H and O–H groups in total. The van der Waals surface area contributed by atoms with E-state index in [4.69, 9.17) is 21.6 Å². The Morgan fingerprint density at radius 3 is 2.68 bits per heavy atom. The number of benzene rings is 1. The summed E-state index contributed by atoms with van der Waals surface area (Å²) in [6.07, 6.45) is 0.